The van der Waals surface area contributed by atoms with E-state index in [4.69, 9.17) is 5.11 Å². The molecule has 0 saturated heterocycles. The van der Waals surface area contributed by atoms with E-state index in [1.807, 2.05) is 13.8 Å². The van der Waals surface area contributed by atoms with Gasteiger partial charge in [0.15, 0.2) is 0 Å². The Kier molecular flexibility index (Phi) is 5.17. The molecule has 18 heavy (non-hydrogen) atoms. The van der Waals surface area contributed by atoms with Crippen LogP contribution in [0.15, 0.2) is 0 Å². The molecular weight excluding hydrogens is 232 g/mol. The van der Waals surface area contributed by atoms with Crippen molar-refractivity contribution in [2.45, 2.75) is 52.6 Å². The van der Waals surface area contributed by atoms with E-state index < -0.39 is 17.5 Å². The van der Waals surface area contributed by atoms with Gasteiger partial charge in [-0.15, -0.1) is 0 Å². The third kappa shape index (κ3) is 3.04. The van der Waals surface area contributed by atoms with Gasteiger partial charge in [0.25, 0.3) is 0 Å². The summed E-state index contributed by atoms with van der Waals surface area (Å²) in [5.41, 5.74) is -0.881. The van der Waals surface area contributed by atoms with Gasteiger partial charge in [-0.25, -0.2) is 0 Å². The predicted octanol–water partition coefficient (Wildman–Crippen LogP) is 1.89. The molecule has 1 saturated carbocycles. The van der Waals surface area contributed by atoms with Crippen LogP contribution in [0, 0.1) is 23.2 Å². The standard InChI is InChI=1S/C14H26O4/c1-9(2)12-5-4-10(3)6-14(12,13(17)18)7-11(16)8-15/h9-12,15-16H,4-8H2,1-3H3,(H,17,18). The lowest BCUT2D eigenvalue weighted by atomic mass is 9.58. The van der Waals surface area contributed by atoms with Crippen LogP contribution < -0.4 is 0 Å². The summed E-state index contributed by atoms with van der Waals surface area (Å²) in [5.74, 6) is -0.103. The van der Waals surface area contributed by atoms with Crippen molar-refractivity contribution in [2.24, 2.45) is 23.2 Å². The molecular formula is C14H26O4. The second-order valence-corrected chi connectivity index (χ2v) is 6.24. The molecule has 0 aliphatic heterocycles. The molecule has 0 aromatic rings. The van der Waals surface area contributed by atoms with Gasteiger partial charge in [-0.1, -0.05) is 27.2 Å². The number of hydrogen-bond donors (Lipinski definition) is 3. The largest absolute Gasteiger partial charge is 0.481 e. The molecule has 3 N–H and O–H groups in total. The summed E-state index contributed by atoms with van der Waals surface area (Å²) in [6, 6.07) is 0. The van der Waals surface area contributed by atoms with Gasteiger partial charge in [0.1, 0.15) is 0 Å². The van der Waals surface area contributed by atoms with Gasteiger partial charge in [-0.2, -0.15) is 0 Å². The van der Waals surface area contributed by atoms with Gasteiger partial charge >= 0.3 is 5.97 Å². The predicted molar refractivity (Wildman–Crippen MR) is 69.1 cm³/mol. The maximum Gasteiger partial charge on any atom is 0.310 e. The highest BCUT2D eigenvalue weighted by Gasteiger charge is 2.50. The minimum Gasteiger partial charge on any atom is -0.481 e. The van der Waals surface area contributed by atoms with Crippen LogP contribution in [-0.2, 0) is 4.79 Å². The van der Waals surface area contributed by atoms with Crippen molar-refractivity contribution in [3.63, 3.8) is 0 Å². The topological polar surface area (TPSA) is 77.8 Å². The lowest BCUT2D eigenvalue weighted by Gasteiger charge is -2.46. The van der Waals surface area contributed by atoms with E-state index in [1.165, 1.54) is 0 Å². The maximum atomic E-state index is 11.8. The molecule has 0 bridgehead atoms. The minimum absolute atomic E-state index is 0.0763. The van der Waals surface area contributed by atoms with Crippen molar-refractivity contribution in [3.8, 4) is 0 Å². The monoisotopic (exact) mass is 258 g/mol. The van der Waals surface area contributed by atoms with E-state index in [0.29, 0.717) is 12.3 Å². The maximum absolute atomic E-state index is 11.8. The number of rotatable bonds is 5. The van der Waals surface area contributed by atoms with Crippen molar-refractivity contribution in [2.75, 3.05) is 6.61 Å². The fourth-order valence-corrected chi connectivity index (χ4v) is 3.64. The molecule has 1 aliphatic carbocycles. The van der Waals surface area contributed by atoms with Crippen LogP contribution in [0.4, 0.5) is 0 Å². The van der Waals surface area contributed by atoms with Crippen molar-refractivity contribution in [3.05, 3.63) is 0 Å². The molecule has 0 radical (unpaired) electrons. The van der Waals surface area contributed by atoms with Crippen LogP contribution in [0.1, 0.15) is 46.5 Å². The fourth-order valence-electron chi connectivity index (χ4n) is 3.64. The first-order valence-electron chi connectivity index (χ1n) is 6.85. The van der Waals surface area contributed by atoms with E-state index in [-0.39, 0.29) is 24.9 Å². The molecule has 1 aliphatic rings. The average molecular weight is 258 g/mol. The number of aliphatic hydroxyl groups is 2. The summed E-state index contributed by atoms with van der Waals surface area (Å²) in [5, 5.41) is 28.4. The van der Waals surface area contributed by atoms with Crippen molar-refractivity contribution in [1.82, 2.24) is 0 Å². The molecule has 106 valence electrons. The first-order chi connectivity index (χ1) is 8.33. The molecule has 4 heteroatoms. The molecule has 0 heterocycles. The van der Waals surface area contributed by atoms with Crippen LogP contribution in [0.25, 0.3) is 0 Å². The first kappa shape index (κ1) is 15.4. The number of carbonyl (C=O) groups is 1. The Hall–Kier alpha value is -0.610. The van der Waals surface area contributed by atoms with Crippen molar-refractivity contribution >= 4 is 5.97 Å². The van der Waals surface area contributed by atoms with Gasteiger partial charge in [0.2, 0.25) is 0 Å². The Morgan fingerprint density at radius 1 is 1.39 bits per heavy atom. The lowest BCUT2D eigenvalue weighted by Crippen LogP contribution is -2.47. The Balaban J connectivity index is 3.04. The Labute approximate surface area is 109 Å². The summed E-state index contributed by atoms with van der Waals surface area (Å²) >= 11 is 0. The first-order valence-corrected chi connectivity index (χ1v) is 6.85. The van der Waals surface area contributed by atoms with E-state index >= 15 is 0 Å². The molecule has 4 nitrogen and oxygen atoms in total. The molecule has 0 aromatic heterocycles. The Morgan fingerprint density at radius 3 is 2.44 bits per heavy atom. The zero-order chi connectivity index (χ0) is 13.9. The lowest BCUT2D eigenvalue weighted by molar-refractivity contribution is -0.162. The zero-order valence-corrected chi connectivity index (χ0v) is 11.6. The number of aliphatic carboxylic acids is 1. The molecule has 0 amide bonds. The SMILES string of the molecule is CC1CCC(C(C)C)C(CC(O)CO)(C(=O)O)C1. The molecule has 4 unspecified atom stereocenters. The molecule has 4 atom stereocenters. The summed E-state index contributed by atoms with van der Waals surface area (Å²) < 4.78 is 0. The van der Waals surface area contributed by atoms with E-state index in [9.17, 15) is 15.0 Å². The highest BCUT2D eigenvalue weighted by Crippen LogP contribution is 2.50. The second-order valence-electron chi connectivity index (χ2n) is 6.24. The van der Waals surface area contributed by atoms with E-state index in [2.05, 4.69) is 6.92 Å². The number of carboxylic acids is 1. The van der Waals surface area contributed by atoms with E-state index in [0.717, 1.165) is 12.8 Å². The summed E-state index contributed by atoms with van der Waals surface area (Å²) in [7, 11) is 0. The van der Waals surface area contributed by atoms with Gasteiger partial charge in [0, 0.05) is 0 Å². The Bertz CT molecular complexity index is 290. The van der Waals surface area contributed by atoms with Crippen LogP contribution in [0.2, 0.25) is 0 Å². The van der Waals surface area contributed by atoms with Gasteiger partial charge in [0.05, 0.1) is 18.1 Å². The number of carboxylic acid groups (broad SMARTS) is 1. The third-order valence-corrected chi connectivity index (χ3v) is 4.43. The van der Waals surface area contributed by atoms with Gasteiger partial charge in [-0.3, -0.25) is 4.79 Å². The normalized spacial score (nSPS) is 34.6. The zero-order valence-electron chi connectivity index (χ0n) is 11.6. The highest BCUT2D eigenvalue weighted by molar-refractivity contribution is 5.75. The van der Waals surface area contributed by atoms with Crippen LogP contribution in [0.5, 0.6) is 0 Å². The Morgan fingerprint density at radius 2 is 2.00 bits per heavy atom. The van der Waals surface area contributed by atoms with Crippen LogP contribution in [0.3, 0.4) is 0 Å². The summed E-state index contributed by atoms with van der Waals surface area (Å²) in [6.45, 7) is 5.79. The van der Waals surface area contributed by atoms with E-state index in [1.54, 1.807) is 0 Å². The summed E-state index contributed by atoms with van der Waals surface area (Å²) in [6.07, 6.45) is 1.76. The molecule has 0 aromatic carbocycles. The number of aliphatic hydroxyl groups excluding tert-OH is 2. The summed E-state index contributed by atoms with van der Waals surface area (Å²) in [4.78, 5) is 11.8. The average Bonchev–Trinajstić information content (AvgIpc) is 2.28. The second kappa shape index (κ2) is 6.02. The fraction of sp³-hybridized carbons (Fsp3) is 0.929. The van der Waals surface area contributed by atoms with Crippen molar-refractivity contribution in [1.29, 1.82) is 0 Å². The smallest absolute Gasteiger partial charge is 0.310 e. The van der Waals surface area contributed by atoms with Crippen LogP contribution >= 0.6 is 0 Å². The molecule has 1 fully saturated rings. The third-order valence-electron chi connectivity index (χ3n) is 4.43. The van der Waals surface area contributed by atoms with Gasteiger partial charge < -0.3 is 15.3 Å². The quantitative estimate of drug-likeness (QED) is 0.703. The van der Waals surface area contributed by atoms with Crippen LogP contribution in [-0.4, -0.2) is 34.0 Å². The number of hydrogen-bond acceptors (Lipinski definition) is 3. The minimum atomic E-state index is -0.937. The van der Waals surface area contributed by atoms with Gasteiger partial charge in [-0.05, 0) is 37.0 Å². The van der Waals surface area contributed by atoms with Crippen molar-refractivity contribution < 1.29 is 20.1 Å². The highest BCUT2D eigenvalue weighted by atomic mass is 16.4. The molecule has 1 rings (SSSR count). The molecule has 0 spiro atoms.